The number of hydrogen-bond donors (Lipinski definition) is 1. The summed E-state index contributed by atoms with van der Waals surface area (Å²) >= 11 is 9.24. The van der Waals surface area contributed by atoms with Gasteiger partial charge in [0, 0.05) is 17.6 Å². The highest BCUT2D eigenvalue weighted by atomic mass is 79.9. The van der Waals surface area contributed by atoms with E-state index in [4.69, 9.17) is 16.7 Å². The Morgan fingerprint density at radius 1 is 1.44 bits per heavy atom. The summed E-state index contributed by atoms with van der Waals surface area (Å²) in [6.07, 6.45) is -0.0782. The first-order valence-corrected chi connectivity index (χ1v) is 6.59. The molecule has 98 valence electrons. The number of nitrogens with zero attached hydrogens (tertiary/aromatic N) is 1. The minimum atomic E-state index is -0.929. The van der Waals surface area contributed by atoms with Crippen molar-refractivity contribution in [2.45, 2.75) is 13.3 Å². The standard InChI is InChI=1S/C12H13BrClNO3/c1-2-15(6-5-11(16)17)12(18)9-7-8(13)3-4-10(9)14/h3-4,7H,2,5-6H2,1H3,(H,16,17). The molecule has 0 unspecified atom stereocenters. The van der Waals surface area contributed by atoms with E-state index in [2.05, 4.69) is 15.9 Å². The van der Waals surface area contributed by atoms with Gasteiger partial charge in [0.1, 0.15) is 0 Å². The highest BCUT2D eigenvalue weighted by molar-refractivity contribution is 9.10. The zero-order valence-corrected chi connectivity index (χ0v) is 12.2. The van der Waals surface area contributed by atoms with Crippen molar-refractivity contribution >= 4 is 39.4 Å². The van der Waals surface area contributed by atoms with E-state index in [0.717, 1.165) is 4.47 Å². The van der Waals surface area contributed by atoms with E-state index in [-0.39, 0.29) is 18.9 Å². The summed E-state index contributed by atoms with van der Waals surface area (Å²) in [7, 11) is 0. The average molecular weight is 335 g/mol. The zero-order chi connectivity index (χ0) is 13.7. The number of carbonyl (C=O) groups is 2. The molecule has 0 fully saturated rings. The van der Waals surface area contributed by atoms with Crippen LogP contribution in [0, 0.1) is 0 Å². The first-order valence-electron chi connectivity index (χ1n) is 5.41. The van der Waals surface area contributed by atoms with Crippen LogP contribution in [0.15, 0.2) is 22.7 Å². The van der Waals surface area contributed by atoms with Crippen LogP contribution < -0.4 is 0 Å². The molecule has 1 amide bonds. The second-order valence-corrected chi connectivity index (χ2v) is 4.98. The first-order chi connectivity index (χ1) is 8.45. The highest BCUT2D eigenvalue weighted by Crippen LogP contribution is 2.22. The predicted octanol–water partition coefficient (Wildman–Crippen LogP) is 3.04. The number of aliphatic carboxylic acids is 1. The SMILES string of the molecule is CCN(CCC(=O)O)C(=O)c1cc(Br)ccc1Cl. The maximum atomic E-state index is 12.2. The quantitative estimate of drug-likeness (QED) is 0.900. The number of carboxylic acids is 1. The molecule has 4 nitrogen and oxygen atoms in total. The monoisotopic (exact) mass is 333 g/mol. The van der Waals surface area contributed by atoms with E-state index >= 15 is 0 Å². The summed E-state index contributed by atoms with van der Waals surface area (Å²) in [6.45, 7) is 2.41. The lowest BCUT2D eigenvalue weighted by molar-refractivity contribution is -0.137. The molecule has 0 atom stereocenters. The van der Waals surface area contributed by atoms with E-state index in [9.17, 15) is 9.59 Å². The fourth-order valence-electron chi connectivity index (χ4n) is 1.47. The van der Waals surface area contributed by atoms with Crippen molar-refractivity contribution in [2.24, 2.45) is 0 Å². The zero-order valence-electron chi connectivity index (χ0n) is 9.82. The normalized spacial score (nSPS) is 10.2. The Morgan fingerprint density at radius 2 is 2.11 bits per heavy atom. The largest absolute Gasteiger partial charge is 0.481 e. The fourth-order valence-corrected chi connectivity index (χ4v) is 2.03. The lowest BCUT2D eigenvalue weighted by Crippen LogP contribution is -2.33. The van der Waals surface area contributed by atoms with Crippen LogP contribution in [0.2, 0.25) is 5.02 Å². The molecule has 1 N–H and O–H groups in total. The van der Waals surface area contributed by atoms with Crippen LogP contribution in [0.3, 0.4) is 0 Å². The Labute approximate surface area is 119 Å². The molecule has 0 bridgehead atoms. The maximum absolute atomic E-state index is 12.2. The predicted molar refractivity (Wildman–Crippen MR) is 73.0 cm³/mol. The average Bonchev–Trinajstić information content (AvgIpc) is 2.32. The van der Waals surface area contributed by atoms with Gasteiger partial charge in [0.2, 0.25) is 0 Å². The first kappa shape index (κ1) is 15.0. The van der Waals surface area contributed by atoms with Crippen molar-refractivity contribution in [1.82, 2.24) is 4.90 Å². The van der Waals surface area contributed by atoms with Crippen LogP contribution in [0.4, 0.5) is 0 Å². The molecule has 0 spiro atoms. The molecule has 1 rings (SSSR count). The Balaban J connectivity index is 2.89. The van der Waals surface area contributed by atoms with Crippen LogP contribution in [0.25, 0.3) is 0 Å². The summed E-state index contributed by atoms with van der Waals surface area (Å²) < 4.78 is 0.754. The smallest absolute Gasteiger partial charge is 0.305 e. The third-order valence-electron chi connectivity index (χ3n) is 2.42. The Hall–Kier alpha value is -1.07. The number of hydrogen-bond acceptors (Lipinski definition) is 2. The molecular weight excluding hydrogens is 321 g/mol. The summed E-state index contributed by atoms with van der Waals surface area (Å²) in [5.74, 6) is -1.19. The molecule has 6 heteroatoms. The molecule has 18 heavy (non-hydrogen) atoms. The third-order valence-corrected chi connectivity index (χ3v) is 3.25. The van der Waals surface area contributed by atoms with Crippen molar-refractivity contribution in [1.29, 1.82) is 0 Å². The van der Waals surface area contributed by atoms with E-state index in [0.29, 0.717) is 17.1 Å². The summed E-state index contributed by atoms with van der Waals surface area (Å²) in [6, 6.07) is 5.00. The summed E-state index contributed by atoms with van der Waals surface area (Å²) in [4.78, 5) is 24.2. The van der Waals surface area contributed by atoms with Crippen molar-refractivity contribution in [3.05, 3.63) is 33.3 Å². The molecule has 0 aromatic heterocycles. The van der Waals surface area contributed by atoms with Crippen LogP contribution in [0.1, 0.15) is 23.7 Å². The van der Waals surface area contributed by atoms with Crippen LogP contribution in [-0.2, 0) is 4.79 Å². The number of rotatable bonds is 5. The third kappa shape index (κ3) is 3.99. The van der Waals surface area contributed by atoms with Gasteiger partial charge in [-0.15, -0.1) is 0 Å². The van der Waals surface area contributed by atoms with Gasteiger partial charge in [0.15, 0.2) is 0 Å². The molecule has 0 saturated heterocycles. The molecule has 0 aliphatic heterocycles. The van der Waals surface area contributed by atoms with Gasteiger partial charge in [0.25, 0.3) is 5.91 Å². The minimum absolute atomic E-state index is 0.0782. The van der Waals surface area contributed by atoms with E-state index in [1.54, 1.807) is 25.1 Å². The topological polar surface area (TPSA) is 57.6 Å². The second-order valence-electron chi connectivity index (χ2n) is 3.65. The molecule has 0 heterocycles. The molecule has 0 radical (unpaired) electrons. The van der Waals surface area contributed by atoms with Crippen molar-refractivity contribution in [3.8, 4) is 0 Å². The summed E-state index contributed by atoms with van der Waals surface area (Å²) in [5.41, 5.74) is 0.373. The molecule has 1 aromatic rings. The van der Waals surface area contributed by atoms with Crippen LogP contribution in [-0.4, -0.2) is 35.0 Å². The van der Waals surface area contributed by atoms with Gasteiger partial charge in [-0.3, -0.25) is 9.59 Å². The number of carboxylic acid groups (broad SMARTS) is 1. The van der Waals surface area contributed by atoms with Crippen molar-refractivity contribution < 1.29 is 14.7 Å². The van der Waals surface area contributed by atoms with Gasteiger partial charge in [-0.2, -0.15) is 0 Å². The van der Waals surface area contributed by atoms with Gasteiger partial charge in [0.05, 0.1) is 17.0 Å². The van der Waals surface area contributed by atoms with Gasteiger partial charge in [-0.1, -0.05) is 27.5 Å². The lowest BCUT2D eigenvalue weighted by Gasteiger charge is -2.20. The second kappa shape index (κ2) is 6.75. The Morgan fingerprint density at radius 3 is 2.67 bits per heavy atom. The highest BCUT2D eigenvalue weighted by Gasteiger charge is 2.18. The molecule has 0 saturated carbocycles. The van der Waals surface area contributed by atoms with Gasteiger partial charge < -0.3 is 10.0 Å². The molecule has 1 aromatic carbocycles. The van der Waals surface area contributed by atoms with Crippen molar-refractivity contribution in [2.75, 3.05) is 13.1 Å². The molecule has 0 aliphatic rings. The fraction of sp³-hybridized carbons (Fsp3) is 0.333. The van der Waals surface area contributed by atoms with Gasteiger partial charge >= 0.3 is 5.97 Å². The van der Waals surface area contributed by atoms with E-state index in [1.165, 1.54) is 4.90 Å². The molecular formula is C12H13BrClNO3. The minimum Gasteiger partial charge on any atom is -0.481 e. The van der Waals surface area contributed by atoms with Gasteiger partial charge in [-0.25, -0.2) is 0 Å². The molecule has 0 aliphatic carbocycles. The Kier molecular flexibility index (Phi) is 5.62. The number of amides is 1. The lowest BCUT2D eigenvalue weighted by atomic mass is 10.2. The maximum Gasteiger partial charge on any atom is 0.305 e. The summed E-state index contributed by atoms with van der Waals surface area (Å²) in [5, 5.41) is 9.00. The number of carbonyl (C=O) groups excluding carboxylic acids is 1. The van der Waals surface area contributed by atoms with Crippen molar-refractivity contribution in [3.63, 3.8) is 0 Å². The van der Waals surface area contributed by atoms with Gasteiger partial charge in [-0.05, 0) is 25.1 Å². The number of halogens is 2. The van der Waals surface area contributed by atoms with Crippen LogP contribution >= 0.6 is 27.5 Å². The van der Waals surface area contributed by atoms with E-state index < -0.39 is 5.97 Å². The van der Waals surface area contributed by atoms with Crippen LogP contribution in [0.5, 0.6) is 0 Å². The van der Waals surface area contributed by atoms with E-state index in [1.807, 2.05) is 0 Å². The number of benzene rings is 1. The Bertz CT molecular complexity index is 465.